The first kappa shape index (κ1) is 20.4. The minimum atomic E-state index is -0.239. The molecule has 0 spiro atoms. The summed E-state index contributed by atoms with van der Waals surface area (Å²) in [4.78, 5) is 26.9. The van der Waals surface area contributed by atoms with Crippen LogP contribution in [0.3, 0.4) is 0 Å². The summed E-state index contributed by atoms with van der Waals surface area (Å²) >= 11 is 6.95. The topological polar surface area (TPSA) is 83.0 Å². The van der Waals surface area contributed by atoms with Gasteiger partial charge in [0, 0.05) is 32.6 Å². The lowest BCUT2D eigenvalue weighted by molar-refractivity contribution is -0.111. The fourth-order valence-electron chi connectivity index (χ4n) is 2.38. The van der Waals surface area contributed by atoms with Gasteiger partial charge in [0.1, 0.15) is 18.0 Å². The van der Waals surface area contributed by atoms with E-state index in [-0.39, 0.29) is 5.91 Å². The van der Waals surface area contributed by atoms with E-state index in [4.69, 9.17) is 0 Å². The van der Waals surface area contributed by atoms with Crippen molar-refractivity contribution in [2.24, 2.45) is 0 Å². The monoisotopic (exact) mass is 504 g/mol. The molecule has 7 nitrogen and oxygen atoms in total. The van der Waals surface area contributed by atoms with Crippen LogP contribution < -0.4 is 10.6 Å². The molecular formula is C19H18Br2N6O. The number of anilines is 3. The van der Waals surface area contributed by atoms with E-state index >= 15 is 0 Å². The molecule has 2 aromatic heterocycles. The van der Waals surface area contributed by atoms with Crippen molar-refractivity contribution in [1.29, 1.82) is 0 Å². The van der Waals surface area contributed by atoms with Gasteiger partial charge < -0.3 is 15.5 Å². The van der Waals surface area contributed by atoms with Crippen LogP contribution in [-0.2, 0) is 4.79 Å². The first-order valence-electron chi connectivity index (χ1n) is 8.37. The van der Waals surface area contributed by atoms with E-state index in [1.54, 1.807) is 18.3 Å². The Morgan fingerprint density at radius 1 is 1.14 bits per heavy atom. The summed E-state index contributed by atoms with van der Waals surface area (Å²) in [6.45, 7) is 0.684. The number of halogens is 2. The van der Waals surface area contributed by atoms with Crippen molar-refractivity contribution in [3.63, 3.8) is 0 Å². The summed E-state index contributed by atoms with van der Waals surface area (Å²) in [5.41, 5.74) is 1.54. The van der Waals surface area contributed by atoms with E-state index in [9.17, 15) is 4.79 Å². The van der Waals surface area contributed by atoms with Gasteiger partial charge in [0.2, 0.25) is 5.91 Å². The Labute approximate surface area is 179 Å². The standard InChI is InChI=1S/C19H18Br2N6O/c1-27(2)7-3-4-18(28)26-17-9-13-16(10-22-17)23-11-24-19(13)25-12-5-6-14(20)15(21)8-12/h3-6,8-11H,7H2,1-2H3,(H,22,26,28)(H,23,24,25). The molecule has 0 aliphatic rings. The van der Waals surface area contributed by atoms with Gasteiger partial charge in [-0.2, -0.15) is 0 Å². The van der Waals surface area contributed by atoms with Crippen LogP contribution in [0, 0.1) is 0 Å². The van der Waals surface area contributed by atoms with Gasteiger partial charge in [-0.1, -0.05) is 6.08 Å². The Hall–Kier alpha value is -2.36. The van der Waals surface area contributed by atoms with E-state index in [1.807, 2.05) is 37.2 Å². The lowest BCUT2D eigenvalue weighted by Crippen LogP contribution is -2.13. The van der Waals surface area contributed by atoms with Crippen LogP contribution >= 0.6 is 31.9 Å². The summed E-state index contributed by atoms with van der Waals surface area (Å²) in [5, 5.41) is 6.80. The van der Waals surface area contributed by atoms with Gasteiger partial charge in [-0.15, -0.1) is 0 Å². The normalized spacial score (nSPS) is 11.3. The second kappa shape index (κ2) is 9.22. The maximum atomic E-state index is 12.1. The third-order valence-corrected chi connectivity index (χ3v) is 5.57. The molecule has 0 aliphatic heterocycles. The predicted molar refractivity (Wildman–Crippen MR) is 119 cm³/mol. The Kier molecular flexibility index (Phi) is 6.71. The average Bonchev–Trinajstić information content (AvgIpc) is 2.65. The molecule has 0 saturated carbocycles. The molecule has 0 fully saturated rings. The maximum absolute atomic E-state index is 12.1. The number of hydrogen-bond donors (Lipinski definition) is 2. The Balaban J connectivity index is 1.84. The highest BCUT2D eigenvalue weighted by molar-refractivity contribution is 9.13. The highest BCUT2D eigenvalue weighted by Gasteiger charge is 2.08. The summed E-state index contributed by atoms with van der Waals surface area (Å²) in [7, 11) is 3.87. The van der Waals surface area contributed by atoms with Crippen molar-refractivity contribution in [2.75, 3.05) is 31.3 Å². The molecule has 0 atom stereocenters. The molecule has 3 aromatic rings. The van der Waals surface area contributed by atoms with Crippen molar-refractivity contribution in [3.05, 3.63) is 57.9 Å². The number of carbonyl (C=O) groups excluding carboxylic acids is 1. The van der Waals surface area contributed by atoms with E-state index in [0.29, 0.717) is 23.7 Å². The highest BCUT2D eigenvalue weighted by Crippen LogP contribution is 2.29. The van der Waals surface area contributed by atoms with Crippen molar-refractivity contribution in [3.8, 4) is 0 Å². The quantitative estimate of drug-likeness (QED) is 0.484. The molecule has 2 N–H and O–H groups in total. The number of carbonyl (C=O) groups is 1. The Morgan fingerprint density at radius 2 is 1.96 bits per heavy atom. The number of pyridine rings is 1. The van der Waals surface area contributed by atoms with Gasteiger partial charge in [0.15, 0.2) is 0 Å². The third-order valence-electron chi connectivity index (χ3n) is 3.70. The third kappa shape index (κ3) is 5.34. The Morgan fingerprint density at radius 3 is 2.71 bits per heavy atom. The highest BCUT2D eigenvalue weighted by atomic mass is 79.9. The molecule has 0 saturated heterocycles. The second-order valence-electron chi connectivity index (χ2n) is 6.22. The van der Waals surface area contributed by atoms with Crippen LogP contribution in [0.25, 0.3) is 10.9 Å². The summed E-state index contributed by atoms with van der Waals surface area (Å²) < 4.78 is 1.89. The summed E-state index contributed by atoms with van der Waals surface area (Å²) in [6.07, 6.45) is 6.37. The van der Waals surface area contributed by atoms with Crippen molar-refractivity contribution in [2.45, 2.75) is 0 Å². The van der Waals surface area contributed by atoms with Crippen LogP contribution in [0.15, 0.2) is 57.9 Å². The molecule has 1 amide bonds. The SMILES string of the molecule is CN(C)CC=CC(=O)Nc1cc2c(Nc3ccc(Br)c(Br)c3)ncnc2cn1. The zero-order valence-corrected chi connectivity index (χ0v) is 18.5. The fraction of sp³-hybridized carbons (Fsp3) is 0.158. The molecule has 28 heavy (non-hydrogen) atoms. The van der Waals surface area contributed by atoms with Gasteiger partial charge in [-0.25, -0.2) is 15.0 Å². The van der Waals surface area contributed by atoms with Crippen molar-refractivity contribution >= 4 is 66.0 Å². The van der Waals surface area contributed by atoms with Gasteiger partial charge >= 0.3 is 0 Å². The van der Waals surface area contributed by atoms with Crippen LogP contribution in [0.1, 0.15) is 0 Å². The number of nitrogens with zero attached hydrogens (tertiary/aromatic N) is 4. The summed E-state index contributed by atoms with van der Waals surface area (Å²) in [6, 6.07) is 7.56. The number of benzene rings is 1. The van der Waals surface area contributed by atoms with Crippen LogP contribution in [0.5, 0.6) is 0 Å². The summed E-state index contributed by atoms with van der Waals surface area (Å²) in [5.74, 6) is 0.819. The lowest BCUT2D eigenvalue weighted by Gasteiger charge is -2.10. The van der Waals surface area contributed by atoms with Gasteiger partial charge in [-0.05, 0) is 70.2 Å². The number of fused-ring (bicyclic) bond motifs is 1. The molecular weight excluding hydrogens is 488 g/mol. The molecule has 9 heteroatoms. The minimum Gasteiger partial charge on any atom is -0.340 e. The van der Waals surface area contributed by atoms with Crippen molar-refractivity contribution in [1.82, 2.24) is 19.9 Å². The van der Waals surface area contributed by atoms with Crippen molar-refractivity contribution < 1.29 is 4.79 Å². The Bertz CT molecular complexity index is 1040. The van der Waals surface area contributed by atoms with E-state index in [2.05, 4.69) is 57.4 Å². The number of likely N-dealkylation sites (N-methyl/N-ethyl adjacent to an activating group) is 1. The first-order chi connectivity index (χ1) is 13.4. The molecule has 0 bridgehead atoms. The predicted octanol–water partition coefficient (Wildman–Crippen LogP) is 4.35. The number of nitrogens with one attached hydrogen (secondary N) is 2. The number of rotatable bonds is 6. The maximum Gasteiger partial charge on any atom is 0.249 e. The van der Waals surface area contributed by atoms with Gasteiger partial charge in [-0.3, -0.25) is 4.79 Å². The molecule has 144 valence electrons. The van der Waals surface area contributed by atoms with Gasteiger partial charge in [0.25, 0.3) is 0 Å². The number of hydrogen-bond acceptors (Lipinski definition) is 6. The molecule has 0 radical (unpaired) electrons. The van der Waals surface area contributed by atoms with E-state index < -0.39 is 0 Å². The fourth-order valence-corrected chi connectivity index (χ4v) is 3.00. The average molecular weight is 506 g/mol. The minimum absolute atomic E-state index is 0.239. The van der Waals surface area contributed by atoms with E-state index in [0.717, 1.165) is 20.0 Å². The van der Waals surface area contributed by atoms with E-state index in [1.165, 1.54) is 12.4 Å². The first-order valence-corrected chi connectivity index (χ1v) is 9.96. The zero-order valence-electron chi connectivity index (χ0n) is 15.3. The van der Waals surface area contributed by atoms with Crippen LogP contribution in [0.4, 0.5) is 17.3 Å². The molecule has 2 heterocycles. The molecule has 0 aliphatic carbocycles. The molecule has 3 rings (SSSR count). The largest absolute Gasteiger partial charge is 0.340 e. The number of aromatic nitrogens is 3. The van der Waals surface area contributed by atoms with Crippen LogP contribution in [-0.4, -0.2) is 46.4 Å². The zero-order chi connectivity index (χ0) is 20.1. The second-order valence-corrected chi connectivity index (χ2v) is 7.93. The molecule has 0 unspecified atom stereocenters. The van der Waals surface area contributed by atoms with Crippen LogP contribution in [0.2, 0.25) is 0 Å². The van der Waals surface area contributed by atoms with Gasteiger partial charge in [0.05, 0.1) is 11.7 Å². The smallest absolute Gasteiger partial charge is 0.249 e. The number of amides is 1. The molecule has 1 aromatic carbocycles. The lowest BCUT2D eigenvalue weighted by atomic mass is 10.2.